The average Bonchev–Trinajstić information content (AvgIpc) is 3.59. The van der Waals surface area contributed by atoms with E-state index in [9.17, 15) is 14.7 Å². The minimum atomic E-state index is -1.00. The van der Waals surface area contributed by atoms with Crippen LogP contribution in [0.1, 0.15) is 17.5 Å². The van der Waals surface area contributed by atoms with Gasteiger partial charge in [-0.3, -0.25) is 14.5 Å². The van der Waals surface area contributed by atoms with Crippen molar-refractivity contribution in [3.63, 3.8) is 0 Å². The van der Waals surface area contributed by atoms with Crippen LogP contribution in [0, 0.1) is 12.8 Å². The number of rotatable bonds is 8. The van der Waals surface area contributed by atoms with Gasteiger partial charge in [-0.05, 0) is 36.1 Å². The molecule has 1 amide bonds. The van der Waals surface area contributed by atoms with E-state index in [1.807, 2.05) is 72.4 Å². The number of thiazole rings is 1. The molecule has 2 N–H and O–H groups in total. The SMILES string of the molecule is Cc1c(-c2ccccc2-c2csc(N(C)C(=O)C(CC(=O)O)Cc3ccccc3)n2)cnc2[nH]ccc12. The molecule has 0 saturated heterocycles. The highest BCUT2D eigenvalue weighted by atomic mass is 32.1. The van der Waals surface area contributed by atoms with Crippen LogP contribution in [0.5, 0.6) is 0 Å². The molecule has 0 aliphatic rings. The van der Waals surface area contributed by atoms with Crippen LogP contribution in [0.2, 0.25) is 0 Å². The first kappa shape index (κ1) is 24.4. The molecule has 7 nitrogen and oxygen atoms in total. The number of aryl methyl sites for hydroxylation is 1. The van der Waals surface area contributed by atoms with Gasteiger partial charge in [0.05, 0.1) is 18.0 Å². The van der Waals surface area contributed by atoms with Gasteiger partial charge in [-0.1, -0.05) is 54.6 Å². The van der Waals surface area contributed by atoms with Gasteiger partial charge in [0.1, 0.15) is 5.65 Å². The van der Waals surface area contributed by atoms with Gasteiger partial charge in [0.2, 0.25) is 5.91 Å². The lowest BCUT2D eigenvalue weighted by Crippen LogP contribution is -2.35. The number of H-pyrrole nitrogens is 1. The maximum atomic E-state index is 13.4. The molecule has 186 valence electrons. The summed E-state index contributed by atoms with van der Waals surface area (Å²) in [4.78, 5) is 38.9. The van der Waals surface area contributed by atoms with Crippen molar-refractivity contribution in [2.45, 2.75) is 19.8 Å². The zero-order chi connectivity index (χ0) is 25.9. The molecule has 5 rings (SSSR count). The molecule has 1 unspecified atom stereocenters. The lowest BCUT2D eigenvalue weighted by molar-refractivity contribution is -0.140. The van der Waals surface area contributed by atoms with Crippen molar-refractivity contribution < 1.29 is 14.7 Å². The molecular weight excluding hydrogens is 484 g/mol. The van der Waals surface area contributed by atoms with Gasteiger partial charge in [0.25, 0.3) is 0 Å². The number of fused-ring (bicyclic) bond motifs is 1. The number of hydrogen-bond donors (Lipinski definition) is 2. The fourth-order valence-electron chi connectivity index (χ4n) is 4.62. The predicted molar refractivity (Wildman–Crippen MR) is 147 cm³/mol. The average molecular weight is 511 g/mol. The van der Waals surface area contributed by atoms with E-state index in [0.29, 0.717) is 11.6 Å². The number of aromatic nitrogens is 3. The number of nitrogens with one attached hydrogen (secondary N) is 1. The first-order chi connectivity index (χ1) is 17.9. The van der Waals surface area contributed by atoms with Gasteiger partial charge in [-0.15, -0.1) is 11.3 Å². The number of benzene rings is 2. The van der Waals surface area contributed by atoms with E-state index < -0.39 is 11.9 Å². The molecule has 0 bridgehead atoms. The molecule has 1 atom stereocenters. The standard InChI is InChI=1S/C29H26N4O3S/c1-18-21-12-13-30-27(21)31-16-24(18)22-10-6-7-11-23(22)25-17-37-29(32-25)33(2)28(36)20(15-26(34)35)14-19-8-4-3-5-9-19/h3-13,16-17,20H,14-15H2,1-2H3,(H,30,31)(H,34,35). The van der Waals surface area contributed by atoms with Crippen molar-refractivity contribution in [3.05, 3.63) is 89.6 Å². The number of pyridine rings is 1. The minimum absolute atomic E-state index is 0.243. The van der Waals surface area contributed by atoms with Crippen LogP contribution < -0.4 is 4.90 Å². The van der Waals surface area contributed by atoms with Crippen molar-refractivity contribution >= 4 is 39.4 Å². The van der Waals surface area contributed by atoms with Gasteiger partial charge < -0.3 is 10.1 Å². The quantitative estimate of drug-likeness (QED) is 0.268. The summed E-state index contributed by atoms with van der Waals surface area (Å²) in [5.41, 5.74) is 6.62. The minimum Gasteiger partial charge on any atom is -0.481 e. The van der Waals surface area contributed by atoms with Gasteiger partial charge in [0.15, 0.2) is 5.13 Å². The molecule has 0 fully saturated rings. The summed E-state index contributed by atoms with van der Waals surface area (Å²) < 4.78 is 0. The summed E-state index contributed by atoms with van der Waals surface area (Å²) in [7, 11) is 1.66. The number of carboxylic acid groups (broad SMARTS) is 1. The number of carbonyl (C=O) groups is 2. The molecule has 5 aromatic rings. The second-order valence-electron chi connectivity index (χ2n) is 8.98. The van der Waals surface area contributed by atoms with Gasteiger partial charge in [-0.2, -0.15) is 0 Å². The van der Waals surface area contributed by atoms with Crippen molar-refractivity contribution in [1.82, 2.24) is 15.0 Å². The number of carboxylic acids is 1. The largest absolute Gasteiger partial charge is 0.481 e. The van der Waals surface area contributed by atoms with Crippen molar-refractivity contribution in [2.75, 3.05) is 11.9 Å². The van der Waals surface area contributed by atoms with E-state index in [4.69, 9.17) is 4.98 Å². The molecule has 0 aliphatic carbocycles. The summed E-state index contributed by atoms with van der Waals surface area (Å²) >= 11 is 1.36. The molecule has 2 aromatic carbocycles. The molecule has 3 aromatic heterocycles. The Bertz CT molecular complexity index is 1570. The number of nitrogens with zero attached hydrogens (tertiary/aromatic N) is 3. The first-order valence-electron chi connectivity index (χ1n) is 11.9. The van der Waals surface area contributed by atoms with Gasteiger partial charge >= 0.3 is 5.97 Å². The Hall–Kier alpha value is -4.30. The van der Waals surface area contributed by atoms with Crippen LogP contribution >= 0.6 is 11.3 Å². The Morgan fingerprint density at radius 3 is 2.51 bits per heavy atom. The highest BCUT2D eigenvalue weighted by molar-refractivity contribution is 7.14. The van der Waals surface area contributed by atoms with Gasteiger partial charge in [0, 0.05) is 41.3 Å². The maximum absolute atomic E-state index is 13.4. The zero-order valence-electron chi connectivity index (χ0n) is 20.5. The Morgan fingerprint density at radius 1 is 1.03 bits per heavy atom. The van der Waals surface area contributed by atoms with Crippen LogP contribution in [0.3, 0.4) is 0 Å². The third-order valence-electron chi connectivity index (χ3n) is 6.55. The normalized spacial score (nSPS) is 11.9. The Morgan fingerprint density at radius 2 is 1.76 bits per heavy atom. The number of aliphatic carboxylic acids is 1. The highest BCUT2D eigenvalue weighted by Gasteiger charge is 2.27. The van der Waals surface area contributed by atoms with Crippen LogP contribution in [-0.4, -0.2) is 39.0 Å². The molecule has 0 aliphatic heterocycles. The predicted octanol–water partition coefficient (Wildman–Crippen LogP) is 5.96. The number of aromatic amines is 1. The molecule has 0 spiro atoms. The summed E-state index contributed by atoms with van der Waals surface area (Å²) in [5.74, 6) is -1.95. The molecule has 0 saturated carbocycles. The summed E-state index contributed by atoms with van der Waals surface area (Å²) in [5, 5.41) is 13.0. The highest BCUT2D eigenvalue weighted by Crippen LogP contribution is 2.37. The van der Waals surface area contributed by atoms with E-state index in [1.54, 1.807) is 7.05 Å². The van der Waals surface area contributed by atoms with Gasteiger partial charge in [-0.25, -0.2) is 9.97 Å². The van der Waals surface area contributed by atoms with E-state index in [-0.39, 0.29) is 12.3 Å². The maximum Gasteiger partial charge on any atom is 0.304 e. The molecule has 0 radical (unpaired) electrons. The number of hydrogen-bond acceptors (Lipinski definition) is 5. The van der Waals surface area contributed by atoms with Crippen LogP contribution in [-0.2, 0) is 16.0 Å². The summed E-state index contributed by atoms with van der Waals surface area (Å²) in [6.45, 7) is 2.08. The third-order valence-corrected chi connectivity index (χ3v) is 7.47. The second-order valence-corrected chi connectivity index (χ2v) is 9.82. The lowest BCUT2D eigenvalue weighted by atomic mass is 9.95. The zero-order valence-corrected chi connectivity index (χ0v) is 21.3. The van der Waals surface area contributed by atoms with E-state index in [2.05, 4.69) is 23.0 Å². The number of anilines is 1. The fraction of sp³-hybridized carbons (Fsp3) is 0.172. The summed E-state index contributed by atoms with van der Waals surface area (Å²) in [6, 6.07) is 19.5. The monoisotopic (exact) mass is 510 g/mol. The van der Waals surface area contributed by atoms with Crippen LogP contribution in [0.15, 0.2) is 78.4 Å². The topological polar surface area (TPSA) is 99.2 Å². The Kier molecular flexibility index (Phi) is 6.83. The second kappa shape index (κ2) is 10.4. The smallest absolute Gasteiger partial charge is 0.304 e. The lowest BCUT2D eigenvalue weighted by Gasteiger charge is -2.21. The van der Waals surface area contributed by atoms with Crippen molar-refractivity contribution in [1.29, 1.82) is 0 Å². The summed E-state index contributed by atoms with van der Waals surface area (Å²) in [6.07, 6.45) is 3.86. The number of amides is 1. The van der Waals surface area contributed by atoms with E-state index in [0.717, 1.165) is 44.5 Å². The molecule has 8 heteroatoms. The first-order valence-corrected chi connectivity index (χ1v) is 12.8. The van der Waals surface area contributed by atoms with Crippen molar-refractivity contribution in [2.24, 2.45) is 5.92 Å². The third kappa shape index (κ3) is 5.01. The van der Waals surface area contributed by atoms with Crippen LogP contribution in [0.25, 0.3) is 33.4 Å². The fourth-order valence-corrected chi connectivity index (χ4v) is 5.42. The van der Waals surface area contributed by atoms with Crippen molar-refractivity contribution in [3.8, 4) is 22.4 Å². The molecule has 3 heterocycles. The number of carbonyl (C=O) groups excluding carboxylic acids is 1. The van der Waals surface area contributed by atoms with E-state index >= 15 is 0 Å². The van der Waals surface area contributed by atoms with Crippen LogP contribution in [0.4, 0.5) is 5.13 Å². The van der Waals surface area contributed by atoms with E-state index in [1.165, 1.54) is 16.2 Å². The Labute approximate surface area is 218 Å². The molecular formula is C29H26N4O3S. The Balaban J connectivity index is 1.44. The molecule has 37 heavy (non-hydrogen) atoms.